The summed E-state index contributed by atoms with van der Waals surface area (Å²) in [6.07, 6.45) is 5.68. The topological polar surface area (TPSA) is 81.2 Å². The molecule has 0 aliphatic carbocycles. The number of sulfonamides is 1. The average Bonchev–Trinajstić information content (AvgIpc) is 2.71. The van der Waals surface area contributed by atoms with Crippen molar-refractivity contribution in [2.75, 3.05) is 20.1 Å². The van der Waals surface area contributed by atoms with Gasteiger partial charge in [-0.1, -0.05) is 6.42 Å². The van der Waals surface area contributed by atoms with E-state index in [2.05, 4.69) is 4.98 Å². The van der Waals surface area contributed by atoms with Gasteiger partial charge in [-0.25, -0.2) is 13.4 Å². The number of unbranched alkanes of at least 4 members (excludes halogenated alkanes) is 2. The SMILES string of the molecule is CN(CCCCCN)S(=O)(=O)c1cn(C)cn1. The van der Waals surface area contributed by atoms with E-state index in [-0.39, 0.29) is 5.03 Å². The van der Waals surface area contributed by atoms with Gasteiger partial charge in [-0.2, -0.15) is 4.31 Å². The minimum absolute atomic E-state index is 0.0984. The van der Waals surface area contributed by atoms with Crippen LogP contribution in [0.5, 0.6) is 0 Å². The highest BCUT2D eigenvalue weighted by atomic mass is 32.2. The second kappa shape index (κ2) is 6.13. The van der Waals surface area contributed by atoms with E-state index in [9.17, 15) is 8.42 Å². The average molecular weight is 260 g/mol. The zero-order valence-corrected chi connectivity index (χ0v) is 11.2. The van der Waals surface area contributed by atoms with E-state index in [1.165, 1.54) is 16.8 Å². The lowest BCUT2D eigenvalue weighted by Gasteiger charge is -2.15. The van der Waals surface area contributed by atoms with Crippen LogP contribution in [0.15, 0.2) is 17.6 Å². The summed E-state index contributed by atoms with van der Waals surface area (Å²) in [7, 11) is -0.116. The zero-order chi connectivity index (χ0) is 12.9. The Hall–Kier alpha value is -0.920. The monoisotopic (exact) mass is 260 g/mol. The molecule has 0 atom stereocenters. The highest BCUT2D eigenvalue weighted by Crippen LogP contribution is 2.11. The summed E-state index contributed by atoms with van der Waals surface area (Å²) in [5, 5.41) is 0.0984. The van der Waals surface area contributed by atoms with Gasteiger partial charge in [-0.15, -0.1) is 0 Å². The van der Waals surface area contributed by atoms with Crippen LogP contribution in [0.25, 0.3) is 0 Å². The van der Waals surface area contributed by atoms with Gasteiger partial charge in [0, 0.05) is 26.8 Å². The fraction of sp³-hybridized carbons (Fsp3) is 0.700. The number of hydrogen-bond acceptors (Lipinski definition) is 4. The molecular formula is C10H20N4O2S. The fourth-order valence-electron chi connectivity index (χ4n) is 1.46. The smallest absolute Gasteiger partial charge is 0.261 e. The van der Waals surface area contributed by atoms with E-state index >= 15 is 0 Å². The van der Waals surface area contributed by atoms with Crippen molar-refractivity contribution in [1.82, 2.24) is 13.9 Å². The van der Waals surface area contributed by atoms with Crippen LogP contribution in [0.3, 0.4) is 0 Å². The van der Waals surface area contributed by atoms with Crippen LogP contribution in [0.4, 0.5) is 0 Å². The maximum atomic E-state index is 12.0. The van der Waals surface area contributed by atoms with Crippen LogP contribution < -0.4 is 5.73 Å². The second-order valence-electron chi connectivity index (χ2n) is 4.05. The third-order valence-corrected chi connectivity index (χ3v) is 4.28. The van der Waals surface area contributed by atoms with Crippen LogP contribution in [0.2, 0.25) is 0 Å². The molecule has 0 saturated heterocycles. The van der Waals surface area contributed by atoms with Crippen LogP contribution in [-0.2, 0) is 17.1 Å². The third-order valence-electron chi connectivity index (χ3n) is 2.53. The molecule has 7 heteroatoms. The summed E-state index contributed by atoms with van der Waals surface area (Å²) in [5.74, 6) is 0. The molecule has 1 aromatic rings. The highest BCUT2D eigenvalue weighted by molar-refractivity contribution is 7.89. The van der Waals surface area contributed by atoms with Crippen molar-refractivity contribution < 1.29 is 8.42 Å². The molecule has 0 spiro atoms. The standard InChI is InChI=1S/C10H20N4O2S/c1-13-8-10(12-9-13)17(15,16)14(2)7-5-3-4-6-11/h8-9H,3-7,11H2,1-2H3. The molecule has 2 N–H and O–H groups in total. The molecule has 17 heavy (non-hydrogen) atoms. The first-order valence-electron chi connectivity index (χ1n) is 5.63. The molecule has 0 fully saturated rings. The van der Waals surface area contributed by atoms with E-state index in [0.717, 1.165) is 19.3 Å². The van der Waals surface area contributed by atoms with Gasteiger partial charge in [0.1, 0.15) is 0 Å². The molecule has 1 rings (SSSR count). The molecular weight excluding hydrogens is 240 g/mol. The minimum atomic E-state index is -3.44. The molecule has 0 aromatic carbocycles. The van der Waals surface area contributed by atoms with Crippen molar-refractivity contribution in [3.63, 3.8) is 0 Å². The minimum Gasteiger partial charge on any atom is -0.339 e. The molecule has 1 aromatic heterocycles. The normalized spacial score (nSPS) is 12.2. The molecule has 0 unspecified atom stereocenters. The van der Waals surface area contributed by atoms with E-state index in [1.54, 1.807) is 18.7 Å². The Kier molecular flexibility index (Phi) is 5.10. The lowest BCUT2D eigenvalue weighted by molar-refractivity contribution is 0.451. The van der Waals surface area contributed by atoms with Crippen molar-refractivity contribution in [3.8, 4) is 0 Å². The molecule has 98 valence electrons. The number of aromatic nitrogens is 2. The first kappa shape index (κ1) is 14.1. The number of nitrogens with two attached hydrogens (primary N) is 1. The summed E-state index contributed by atoms with van der Waals surface area (Å²) in [5.41, 5.74) is 5.38. The van der Waals surface area contributed by atoms with Gasteiger partial charge in [0.05, 0.1) is 6.33 Å². The molecule has 0 aliphatic heterocycles. The highest BCUT2D eigenvalue weighted by Gasteiger charge is 2.22. The molecule has 6 nitrogen and oxygen atoms in total. The fourth-order valence-corrected chi connectivity index (χ4v) is 2.63. The maximum Gasteiger partial charge on any atom is 0.261 e. The first-order chi connectivity index (χ1) is 7.98. The third kappa shape index (κ3) is 3.79. The molecule has 1 heterocycles. The van der Waals surface area contributed by atoms with Crippen molar-refractivity contribution in [3.05, 3.63) is 12.5 Å². The Morgan fingerprint density at radius 3 is 2.65 bits per heavy atom. The van der Waals surface area contributed by atoms with Gasteiger partial charge >= 0.3 is 0 Å². The van der Waals surface area contributed by atoms with Crippen molar-refractivity contribution in [2.45, 2.75) is 24.3 Å². The largest absolute Gasteiger partial charge is 0.339 e. The Balaban J connectivity index is 2.58. The van der Waals surface area contributed by atoms with Crippen LogP contribution in [0, 0.1) is 0 Å². The predicted octanol–water partition coefficient (Wildman–Crippen LogP) is 0.170. The Morgan fingerprint density at radius 1 is 1.41 bits per heavy atom. The van der Waals surface area contributed by atoms with Crippen LogP contribution in [-0.4, -0.2) is 42.4 Å². The van der Waals surface area contributed by atoms with E-state index in [4.69, 9.17) is 5.73 Å². The Labute approximate surface area is 102 Å². The van der Waals surface area contributed by atoms with E-state index < -0.39 is 10.0 Å². The van der Waals surface area contributed by atoms with Crippen molar-refractivity contribution in [2.24, 2.45) is 12.8 Å². The van der Waals surface area contributed by atoms with Gasteiger partial charge in [-0.3, -0.25) is 0 Å². The summed E-state index contributed by atoms with van der Waals surface area (Å²) < 4.78 is 27.0. The summed E-state index contributed by atoms with van der Waals surface area (Å²) in [6, 6.07) is 0. The first-order valence-corrected chi connectivity index (χ1v) is 7.07. The van der Waals surface area contributed by atoms with Gasteiger partial charge in [-0.05, 0) is 19.4 Å². The molecule has 0 amide bonds. The zero-order valence-electron chi connectivity index (χ0n) is 10.3. The quantitative estimate of drug-likeness (QED) is 0.709. The van der Waals surface area contributed by atoms with Gasteiger partial charge in [0.15, 0.2) is 5.03 Å². The number of rotatable bonds is 7. The number of aryl methyl sites for hydroxylation is 1. The number of hydrogen-bond donors (Lipinski definition) is 1. The molecule has 0 saturated carbocycles. The Bertz CT molecular complexity index is 441. The Morgan fingerprint density at radius 2 is 2.12 bits per heavy atom. The summed E-state index contributed by atoms with van der Waals surface area (Å²) >= 11 is 0. The molecule has 0 aliphatic rings. The molecule has 0 bridgehead atoms. The van der Waals surface area contributed by atoms with Gasteiger partial charge in [0.25, 0.3) is 10.0 Å². The maximum absolute atomic E-state index is 12.0. The number of imidazole rings is 1. The summed E-state index contributed by atoms with van der Waals surface area (Å²) in [6.45, 7) is 1.15. The molecule has 0 radical (unpaired) electrons. The predicted molar refractivity (Wildman–Crippen MR) is 65.9 cm³/mol. The van der Waals surface area contributed by atoms with Crippen LogP contribution >= 0.6 is 0 Å². The van der Waals surface area contributed by atoms with Gasteiger partial charge in [0.2, 0.25) is 0 Å². The van der Waals surface area contributed by atoms with E-state index in [1.807, 2.05) is 0 Å². The second-order valence-corrected chi connectivity index (χ2v) is 6.05. The van der Waals surface area contributed by atoms with Gasteiger partial charge < -0.3 is 10.3 Å². The van der Waals surface area contributed by atoms with Crippen molar-refractivity contribution >= 4 is 10.0 Å². The van der Waals surface area contributed by atoms with E-state index in [0.29, 0.717) is 13.1 Å². The number of nitrogens with zero attached hydrogens (tertiary/aromatic N) is 3. The van der Waals surface area contributed by atoms with Crippen LogP contribution in [0.1, 0.15) is 19.3 Å². The lowest BCUT2D eigenvalue weighted by Crippen LogP contribution is -2.28. The summed E-state index contributed by atoms with van der Waals surface area (Å²) in [4.78, 5) is 3.87. The van der Waals surface area contributed by atoms with Crippen molar-refractivity contribution in [1.29, 1.82) is 0 Å². The lowest BCUT2D eigenvalue weighted by atomic mass is 10.2.